The molecule has 0 bridgehead atoms. The second-order valence-electron chi connectivity index (χ2n) is 4.73. The maximum Gasteiger partial charge on any atom is 0.179 e. The van der Waals surface area contributed by atoms with Gasteiger partial charge in [0.1, 0.15) is 0 Å². The number of nitrogens with one attached hydrogen (secondary N) is 1. The van der Waals surface area contributed by atoms with Gasteiger partial charge in [0.05, 0.1) is 19.8 Å². The average Bonchev–Trinajstić information content (AvgIpc) is 2.98. The van der Waals surface area contributed by atoms with E-state index in [9.17, 15) is 4.79 Å². The number of hydrogen-bond donors (Lipinski definition) is 1. The molecule has 0 radical (unpaired) electrons. The van der Waals surface area contributed by atoms with E-state index in [-0.39, 0.29) is 11.8 Å². The fourth-order valence-corrected chi connectivity index (χ4v) is 2.26. The third-order valence-electron chi connectivity index (χ3n) is 3.29. The lowest BCUT2D eigenvalue weighted by Crippen LogP contribution is -2.30. The lowest BCUT2D eigenvalue weighted by atomic mass is 10.0. The van der Waals surface area contributed by atoms with Gasteiger partial charge in [-0.2, -0.15) is 0 Å². The van der Waals surface area contributed by atoms with Crippen molar-refractivity contribution >= 4 is 5.78 Å². The number of hydrogen-bond acceptors (Lipinski definition) is 4. The highest BCUT2D eigenvalue weighted by atomic mass is 16.5. The topological polar surface area (TPSA) is 47.6 Å². The first kappa shape index (κ1) is 13.9. The van der Waals surface area contributed by atoms with Crippen molar-refractivity contribution in [3.8, 4) is 11.5 Å². The highest BCUT2D eigenvalue weighted by Crippen LogP contribution is 2.29. The van der Waals surface area contributed by atoms with Gasteiger partial charge in [0, 0.05) is 5.56 Å². The van der Waals surface area contributed by atoms with Crippen LogP contribution in [0.1, 0.15) is 36.5 Å². The summed E-state index contributed by atoms with van der Waals surface area (Å²) < 4.78 is 10.9. The van der Waals surface area contributed by atoms with Crippen LogP contribution < -0.4 is 14.8 Å². The van der Waals surface area contributed by atoms with Crippen LogP contribution in [0, 0.1) is 0 Å². The van der Waals surface area contributed by atoms with Gasteiger partial charge in [-0.1, -0.05) is 6.92 Å². The Balaban J connectivity index is 2.15. The number of ether oxygens (including phenoxy) is 2. The Kier molecular flexibility index (Phi) is 4.80. The lowest BCUT2D eigenvalue weighted by molar-refractivity contribution is 0.0952. The third-order valence-corrected chi connectivity index (χ3v) is 3.29. The number of carbonyl (C=O) groups excluding carboxylic acids is 1. The first-order valence-electron chi connectivity index (χ1n) is 6.84. The van der Waals surface area contributed by atoms with Crippen LogP contribution in [0.5, 0.6) is 11.5 Å². The molecule has 1 saturated heterocycles. The van der Waals surface area contributed by atoms with Crippen LogP contribution in [0.2, 0.25) is 0 Å². The van der Waals surface area contributed by atoms with Crippen molar-refractivity contribution in [1.82, 2.24) is 5.32 Å². The molecule has 4 heteroatoms. The third kappa shape index (κ3) is 3.26. The largest absolute Gasteiger partial charge is 0.493 e. The van der Waals surface area contributed by atoms with Crippen LogP contribution in [-0.4, -0.2) is 32.1 Å². The Hall–Kier alpha value is -1.55. The summed E-state index contributed by atoms with van der Waals surface area (Å²) in [6.45, 7) is 3.62. The highest BCUT2D eigenvalue weighted by Gasteiger charge is 2.24. The van der Waals surface area contributed by atoms with Gasteiger partial charge in [-0.15, -0.1) is 0 Å². The zero-order chi connectivity index (χ0) is 13.7. The molecule has 0 amide bonds. The molecule has 1 heterocycles. The standard InChI is InChI=1S/C15H21NO3/c1-3-9-19-13-7-6-11(10-14(13)18-2)15(17)12-5-4-8-16-12/h6-7,10,12,16H,3-5,8-9H2,1-2H3. The number of Topliss-reactive ketones (excluding diaryl/α,β-unsaturated/α-hetero) is 1. The van der Waals surface area contributed by atoms with Crippen LogP contribution in [0.3, 0.4) is 0 Å². The Morgan fingerprint density at radius 1 is 1.42 bits per heavy atom. The fourth-order valence-electron chi connectivity index (χ4n) is 2.26. The van der Waals surface area contributed by atoms with Crippen molar-refractivity contribution in [1.29, 1.82) is 0 Å². The summed E-state index contributed by atoms with van der Waals surface area (Å²) in [6.07, 6.45) is 2.91. The van der Waals surface area contributed by atoms with Gasteiger partial charge < -0.3 is 14.8 Å². The van der Waals surface area contributed by atoms with E-state index < -0.39 is 0 Å². The highest BCUT2D eigenvalue weighted by molar-refractivity contribution is 6.00. The SMILES string of the molecule is CCCOc1ccc(C(=O)C2CCCN2)cc1OC. The molecule has 1 fully saturated rings. The molecule has 1 unspecified atom stereocenters. The van der Waals surface area contributed by atoms with Gasteiger partial charge in [-0.05, 0) is 44.0 Å². The van der Waals surface area contributed by atoms with Gasteiger partial charge in [0.25, 0.3) is 0 Å². The van der Waals surface area contributed by atoms with Crippen molar-refractivity contribution < 1.29 is 14.3 Å². The second kappa shape index (κ2) is 6.57. The Bertz CT molecular complexity index is 439. The quantitative estimate of drug-likeness (QED) is 0.801. The Morgan fingerprint density at radius 2 is 2.26 bits per heavy atom. The predicted octanol–water partition coefficient (Wildman–Crippen LogP) is 2.42. The molecular weight excluding hydrogens is 242 g/mol. The maximum absolute atomic E-state index is 12.3. The van der Waals surface area contributed by atoms with Crippen LogP contribution in [0.25, 0.3) is 0 Å². The molecule has 0 aliphatic carbocycles. The number of benzene rings is 1. The minimum atomic E-state index is -0.0490. The molecule has 1 atom stereocenters. The molecule has 1 aliphatic heterocycles. The zero-order valence-electron chi connectivity index (χ0n) is 11.6. The van der Waals surface area contributed by atoms with E-state index in [0.717, 1.165) is 25.8 Å². The molecule has 0 saturated carbocycles. The summed E-state index contributed by atoms with van der Waals surface area (Å²) >= 11 is 0. The van der Waals surface area contributed by atoms with Gasteiger partial charge in [0.15, 0.2) is 17.3 Å². The summed E-state index contributed by atoms with van der Waals surface area (Å²) in [5, 5.41) is 3.22. The molecule has 1 aromatic carbocycles. The van der Waals surface area contributed by atoms with E-state index in [2.05, 4.69) is 12.2 Å². The summed E-state index contributed by atoms with van der Waals surface area (Å²) in [6, 6.07) is 5.35. The molecule has 0 aromatic heterocycles. The van der Waals surface area contributed by atoms with Crippen molar-refractivity contribution in [2.75, 3.05) is 20.3 Å². The normalized spacial score (nSPS) is 18.3. The maximum atomic E-state index is 12.3. The number of rotatable bonds is 6. The first-order valence-corrected chi connectivity index (χ1v) is 6.84. The number of carbonyl (C=O) groups is 1. The number of ketones is 1. The van der Waals surface area contributed by atoms with Gasteiger partial charge in [-0.3, -0.25) is 4.79 Å². The molecule has 1 aromatic rings. The van der Waals surface area contributed by atoms with E-state index >= 15 is 0 Å². The molecule has 19 heavy (non-hydrogen) atoms. The average molecular weight is 263 g/mol. The minimum absolute atomic E-state index is 0.0490. The smallest absolute Gasteiger partial charge is 0.179 e. The van der Waals surface area contributed by atoms with Gasteiger partial charge >= 0.3 is 0 Å². The van der Waals surface area contributed by atoms with E-state index in [0.29, 0.717) is 23.7 Å². The van der Waals surface area contributed by atoms with Gasteiger partial charge in [-0.25, -0.2) is 0 Å². The molecule has 4 nitrogen and oxygen atoms in total. The van der Waals surface area contributed by atoms with Crippen LogP contribution in [-0.2, 0) is 0 Å². The van der Waals surface area contributed by atoms with E-state index in [4.69, 9.17) is 9.47 Å². The van der Waals surface area contributed by atoms with Crippen molar-refractivity contribution in [3.05, 3.63) is 23.8 Å². The minimum Gasteiger partial charge on any atom is -0.493 e. The monoisotopic (exact) mass is 263 g/mol. The van der Waals surface area contributed by atoms with E-state index in [1.165, 1.54) is 0 Å². The number of methoxy groups -OCH3 is 1. The fraction of sp³-hybridized carbons (Fsp3) is 0.533. The van der Waals surface area contributed by atoms with Gasteiger partial charge in [0.2, 0.25) is 0 Å². The molecule has 0 spiro atoms. The Morgan fingerprint density at radius 3 is 2.89 bits per heavy atom. The summed E-state index contributed by atoms with van der Waals surface area (Å²) in [5.74, 6) is 1.45. The summed E-state index contributed by atoms with van der Waals surface area (Å²) in [7, 11) is 1.59. The summed E-state index contributed by atoms with van der Waals surface area (Å²) in [4.78, 5) is 12.3. The van der Waals surface area contributed by atoms with E-state index in [1.807, 2.05) is 12.1 Å². The molecule has 2 rings (SSSR count). The van der Waals surface area contributed by atoms with Crippen molar-refractivity contribution in [2.45, 2.75) is 32.2 Å². The van der Waals surface area contributed by atoms with Crippen molar-refractivity contribution in [2.24, 2.45) is 0 Å². The predicted molar refractivity (Wildman–Crippen MR) is 74.1 cm³/mol. The van der Waals surface area contributed by atoms with E-state index in [1.54, 1.807) is 13.2 Å². The molecular formula is C15H21NO3. The molecule has 104 valence electrons. The lowest BCUT2D eigenvalue weighted by Gasteiger charge is -2.13. The second-order valence-corrected chi connectivity index (χ2v) is 4.73. The van der Waals surface area contributed by atoms with Crippen LogP contribution >= 0.6 is 0 Å². The van der Waals surface area contributed by atoms with Crippen LogP contribution in [0.15, 0.2) is 18.2 Å². The van der Waals surface area contributed by atoms with Crippen molar-refractivity contribution in [3.63, 3.8) is 0 Å². The molecule has 1 aliphatic rings. The Labute approximate surface area is 114 Å². The first-order chi connectivity index (χ1) is 9.26. The zero-order valence-corrected chi connectivity index (χ0v) is 11.6. The summed E-state index contributed by atoms with van der Waals surface area (Å²) in [5.41, 5.74) is 0.681. The molecule has 1 N–H and O–H groups in total. The van der Waals surface area contributed by atoms with Crippen LogP contribution in [0.4, 0.5) is 0 Å².